The van der Waals surface area contributed by atoms with Gasteiger partial charge >= 0.3 is 0 Å². The molecule has 1 N–H and O–H groups in total. The molecule has 2 fully saturated rings. The van der Waals surface area contributed by atoms with Gasteiger partial charge in [-0.3, -0.25) is 0 Å². The fourth-order valence-corrected chi connectivity index (χ4v) is 2.63. The zero-order valence-corrected chi connectivity index (χ0v) is 10.1. The Morgan fingerprint density at radius 2 is 2.31 bits per heavy atom. The number of hydrogen-bond acceptors (Lipinski definition) is 4. The lowest BCUT2D eigenvalue weighted by molar-refractivity contribution is -0.0822. The Balaban J connectivity index is 1.73. The fraction of sp³-hybridized carbons (Fsp3) is 1.00. The second-order valence-electron chi connectivity index (χ2n) is 4.84. The molecule has 0 aliphatic carbocycles. The van der Waals surface area contributed by atoms with Crippen molar-refractivity contribution < 1.29 is 14.6 Å². The first-order valence-corrected chi connectivity index (χ1v) is 6.42. The molecule has 2 saturated heterocycles. The smallest absolute Gasteiger partial charge is 0.158 e. The lowest BCUT2D eigenvalue weighted by atomic mass is 9.94. The van der Waals surface area contributed by atoms with Crippen LogP contribution in [-0.2, 0) is 9.47 Å². The highest BCUT2D eigenvalue weighted by molar-refractivity contribution is 4.75. The Morgan fingerprint density at radius 3 is 3.00 bits per heavy atom. The van der Waals surface area contributed by atoms with E-state index in [-0.39, 0.29) is 19.0 Å². The topological polar surface area (TPSA) is 41.9 Å². The van der Waals surface area contributed by atoms with E-state index in [0.717, 1.165) is 13.0 Å². The molecule has 0 aromatic carbocycles. The van der Waals surface area contributed by atoms with Gasteiger partial charge in [-0.05, 0) is 31.8 Å². The molecular formula is C12H23NO3. The van der Waals surface area contributed by atoms with Gasteiger partial charge in [-0.15, -0.1) is 0 Å². The molecule has 0 spiro atoms. The highest BCUT2D eigenvalue weighted by Crippen LogP contribution is 2.25. The van der Waals surface area contributed by atoms with Crippen molar-refractivity contribution in [1.82, 2.24) is 4.90 Å². The van der Waals surface area contributed by atoms with E-state index < -0.39 is 0 Å². The first-order chi connectivity index (χ1) is 7.81. The van der Waals surface area contributed by atoms with Crippen LogP contribution < -0.4 is 0 Å². The first kappa shape index (κ1) is 12.3. The summed E-state index contributed by atoms with van der Waals surface area (Å²) in [5, 5.41) is 8.96. The molecule has 2 aliphatic heterocycles. The van der Waals surface area contributed by atoms with Crippen molar-refractivity contribution in [2.24, 2.45) is 5.92 Å². The molecular weight excluding hydrogens is 206 g/mol. The molecule has 0 amide bonds. The lowest BCUT2D eigenvalue weighted by Gasteiger charge is -2.32. The van der Waals surface area contributed by atoms with Gasteiger partial charge in [-0.2, -0.15) is 0 Å². The molecule has 2 heterocycles. The molecule has 3 atom stereocenters. The van der Waals surface area contributed by atoms with Crippen LogP contribution in [0.15, 0.2) is 0 Å². The number of aliphatic hydroxyl groups excluding tert-OH is 1. The van der Waals surface area contributed by atoms with E-state index in [2.05, 4.69) is 11.8 Å². The van der Waals surface area contributed by atoms with Gasteiger partial charge in [0.15, 0.2) is 6.29 Å². The van der Waals surface area contributed by atoms with Crippen molar-refractivity contribution >= 4 is 0 Å². The maximum Gasteiger partial charge on any atom is 0.158 e. The van der Waals surface area contributed by atoms with Crippen molar-refractivity contribution in [2.45, 2.75) is 38.6 Å². The monoisotopic (exact) mass is 229 g/mol. The van der Waals surface area contributed by atoms with Gasteiger partial charge in [0, 0.05) is 13.0 Å². The van der Waals surface area contributed by atoms with Crippen molar-refractivity contribution in [3.05, 3.63) is 0 Å². The summed E-state index contributed by atoms with van der Waals surface area (Å²) in [6.45, 7) is 6.38. The van der Waals surface area contributed by atoms with Crippen LogP contribution in [0.3, 0.4) is 0 Å². The minimum absolute atomic E-state index is 0.0717. The van der Waals surface area contributed by atoms with E-state index in [0.29, 0.717) is 12.5 Å². The van der Waals surface area contributed by atoms with Crippen LogP contribution in [-0.4, -0.2) is 55.2 Å². The average molecular weight is 229 g/mol. The molecule has 0 bridgehead atoms. The van der Waals surface area contributed by atoms with Crippen molar-refractivity contribution in [1.29, 1.82) is 0 Å². The summed E-state index contributed by atoms with van der Waals surface area (Å²) >= 11 is 0. The third-order valence-electron chi connectivity index (χ3n) is 3.59. The molecule has 2 aliphatic rings. The molecule has 94 valence electrons. The summed E-state index contributed by atoms with van der Waals surface area (Å²) in [6, 6.07) is 0. The van der Waals surface area contributed by atoms with Gasteiger partial charge in [0.05, 0.1) is 13.2 Å². The maximum absolute atomic E-state index is 8.96. The number of nitrogens with zero attached hydrogens (tertiary/aromatic N) is 1. The van der Waals surface area contributed by atoms with E-state index >= 15 is 0 Å². The van der Waals surface area contributed by atoms with Crippen molar-refractivity contribution in [3.63, 3.8) is 0 Å². The average Bonchev–Trinajstić information content (AvgIpc) is 2.77. The standard InChI is InChI=1S/C12H23NO3/c1-2-13-5-3-4-10(7-13)6-12-15-9-11(8-14)16-12/h10-12,14H,2-9H2,1H3. The highest BCUT2D eigenvalue weighted by atomic mass is 16.7. The van der Waals surface area contributed by atoms with Gasteiger partial charge in [-0.1, -0.05) is 6.92 Å². The SMILES string of the molecule is CCN1CCCC(CC2OCC(CO)O2)C1. The van der Waals surface area contributed by atoms with Crippen LogP contribution in [0.1, 0.15) is 26.2 Å². The molecule has 16 heavy (non-hydrogen) atoms. The Morgan fingerprint density at radius 1 is 1.44 bits per heavy atom. The van der Waals surface area contributed by atoms with E-state index in [4.69, 9.17) is 14.6 Å². The fourth-order valence-electron chi connectivity index (χ4n) is 2.63. The van der Waals surface area contributed by atoms with Gasteiger partial charge < -0.3 is 19.5 Å². The lowest BCUT2D eigenvalue weighted by Crippen LogP contribution is -2.36. The highest BCUT2D eigenvalue weighted by Gasteiger charge is 2.29. The number of ether oxygens (including phenoxy) is 2. The maximum atomic E-state index is 8.96. The van der Waals surface area contributed by atoms with Crippen LogP contribution >= 0.6 is 0 Å². The summed E-state index contributed by atoms with van der Waals surface area (Å²) in [5.41, 5.74) is 0. The number of piperidine rings is 1. The number of rotatable bonds is 4. The van der Waals surface area contributed by atoms with Gasteiger partial charge in [0.1, 0.15) is 6.10 Å². The zero-order valence-electron chi connectivity index (χ0n) is 10.1. The van der Waals surface area contributed by atoms with E-state index in [9.17, 15) is 0 Å². The minimum atomic E-state index is -0.101. The summed E-state index contributed by atoms with van der Waals surface area (Å²) in [6.07, 6.45) is 3.36. The molecule has 0 aromatic rings. The van der Waals surface area contributed by atoms with Crippen LogP contribution in [0.5, 0.6) is 0 Å². The van der Waals surface area contributed by atoms with Gasteiger partial charge in [0.25, 0.3) is 0 Å². The van der Waals surface area contributed by atoms with Gasteiger partial charge in [-0.25, -0.2) is 0 Å². The summed E-state index contributed by atoms with van der Waals surface area (Å²) in [5.74, 6) is 0.691. The second-order valence-corrected chi connectivity index (χ2v) is 4.84. The van der Waals surface area contributed by atoms with Crippen LogP contribution in [0, 0.1) is 5.92 Å². The largest absolute Gasteiger partial charge is 0.394 e. The summed E-state index contributed by atoms with van der Waals surface area (Å²) in [7, 11) is 0. The second kappa shape index (κ2) is 5.96. The van der Waals surface area contributed by atoms with Crippen molar-refractivity contribution in [3.8, 4) is 0 Å². The van der Waals surface area contributed by atoms with Gasteiger partial charge in [0.2, 0.25) is 0 Å². The number of aliphatic hydroxyl groups is 1. The predicted octanol–water partition coefficient (Wildman–Crippen LogP) is 0.842. The van der Waals surface area contributed by atoms with Crippen LogP contribution in [0.2, 0.25) is 0 Å². The summed E-state index contributed by atoms with van der Waals surface area (Å²) in [4.78, 5) is 2.49. The quantitative estimate of drug-likeness (QED) is 0.776. The Kier molecular flexibility index (Phi) is 4.58. The molecule has 4 nitrogen and oxygen atoms in total. The van der Waals surface area contributed by atoms with Crippen LogP contribution in [0.4, 0.5) is 0 Å². The molecule has 2 rings (SSSR count). The Labute approximate surface area is 97.5 Å². The van der Waals surface area contributed by atoms with E-state index in [1.54, 1.807) is 0 Å². The Hall–Kier alpha value is -0.160. The molecule has 0 aromatic heterocycles. The molecule has 0 saturated carbocycles. The molecule has 3 unspecified atom stereocenters. The third-order valence-corrected chi connectivity index (χ3v) is 3.59. The van der Waals surface area contributed by atoms with Crippen LogP contribution in [0.25, 0.3) is 0 Å². The number of likely N-dealkylation sites (tertiary alicyclic amines) is 1. The Bertz CT molecular complexity index is 212. The third kappa shape index (κ3) is 3.17. The molecule has 0 radical (unpaired) electrons. The minimum Gasteiger partial charge on any atom is -0.394 e. The molecule has 4 heteroatoms. The van der Waals surface area contributed by atoms with E-state index in [1.807, 2.05) is 0 Å². The van der Waals surface area contributed by atoms with E-state index in [1.165, 1.54) is 25.9 Å². The zero-order chi connectivity index (χ0) is 11.4. The first-order valence-electron chi connectivity index (χ1n) is 6.42. The normalized spacial score (nSPS) is 36.8. The predicted molar refractivity (Wildman–Crippen MR) is 61.2 cm³/mol. The summed E-state index contributed by atoms with van der Waals surface area (Å²) < 4.78 is 11.1. The number of hydrogen-bond donors (Lipinski definition) is 1. The van der Waals surface area contributed by atoms with Crippen molar-refractivity contribution in [2.75, 3.05) is 32.8 Å².